The third-order valence-electron chi connectivity index (χ3n) is 4.18. The summed E-state index contributed by atoms with van der Waals surface area (Å²) in [5.41, 5.74) is 7.92. The molecule has 0 radical (unpaired) electrons. The minimum absolute atomic E-state index is 0.0452. The number of amides is 2. The van der Waals surface area contributed by atoms with Crippen molar-refractivity contribution in [3.05, 3.63) is 23.8 Å². The maximum Gasteiger partial charge on any atom is 0.237 e. The number of hydrogen-bond acceptors (Lipinski definition) is 3. The van der Waals surface area contributed by atoms with E-state index in [0.29, 0.717) is 11.4 Å². The van der Waals surface area contributed by atoms with Gasteiger partial charge in [0, 0.05) is 5.69 Å². The van der Waals surface area contributed by atoms with Crippen LogP contribution in [0.2, 0.25) is 0 Å². The Morgan fingerprint density at radius 3 is 2.39 bits per heavy atom. The number of benzene rings is 1. The number of nitrogens with zero attached hydrogens (tertiary/aromatic N) is 1. The highest BCUT2D eigenvalue weighted by Crippen LogP contribution is 2.42. The van der Waals surface area contributed by atoms with Gasteiger partial charge in [0.15, 0.2) is 0 Å². The maximum atomic E-state index is 12.3. The van der Waals surface area contributed by atoms with Crippen LogP contribution in [-0.4, -0.2) is 11.8 Å². The van der Waals surface area contributed by atoms with E-state index in [9.17, 15) is 9.59 Å². The zero-order chi connectivity index (χ0) is 12.9. The first-order chi connectivity index (χ1) is 8.61. The van der Waals surface area contributed by atoms with Crippen molar-refractivity contribution >= 4 is 23.2 Å². The topological polar surface area (TPSA) is 63.4 Å². The third-order valence-corrected chi connectivity index (χ3v) is 4.18. The van der Waals surface area contributed by atoms with Gasteiger partial charge in [-0.1, -0.05) is 12.5 Å². The highest BCUT2D eigenvalue weighted by Gasteiger charge is 2.50. The molecule has 2 unspecified atom stereocenters. The molecule has 18 heavy (non-hydrogen) atoms. The van der Waals surface area contributed by atoms with Crippen molar-refractivity contribution in [2.75, 3.05) is 10.6 Å². The number of imide groups is 1. The summed E-state index contributed by atoms with van der Waals surface area (Å²) in [5, 5.41) is 0. The highest BCUT2D eigenvalue weighted by atomic mass is 16.2. The average molecular weight is 244 g/mol. The van der Waals surface area contributed by atoms with Gasteiger partial charge < -0.3 is 5.73 Å². The number of nitrogens with two attached hydrogens (primary N) is 1. The van der Waals surface area contributed by atoms with Gasteiger partial charge in [-0.3, -0.25) is 9.59 Å². The summed E-state index contributed by atoms with van der Waals surface area (Å²) in [7, 11) is 0. The molecule has 0 spiro atoms. The Hall–Kier alpha value is -1.84. The van der Waals surface area contributed by atoms with E-state index in [2.05, 4.69) is 0 Å². The van der Waals surface area contributed by atoms with Gasteiger partial charge >= 0.3 is 0 Å². The van der Waals surface area contributed by atoms with Crippen LogP contribution in [0.5, 0.6) is 0 Å². The zero-order valence-corrected chi connectivity index (χ0v) is 10.3. The van der Waals surface area contributed by atoms with E-state index in [1.165, 1.54) is 4.90 Å². The Labute approximate surface area is 106 Å². The van der Waals surface area contributed by atoms with Gasteiger partial charge in [-0.25, -0.2) is 4.90 Å². The van der Waals surface area contributed by atoms with Crippen LogP contribution in [0.3, 0.4) is 0 Å². The standard InChI is InChI=1S/C14H16N2O2/c1-8-11(15)6-3-7-12(8)16-13(17)9-4-2-5-10(9)14(16)18/h3,6-7,9-10H,2,4-5,15H2,1H3. The van der Waals surface area contributed by atoms with Crippen LogP contribution in [0.15, 0.2) is 18.2 Å². The lowest BCUT2D eigenvalue weighted by Crippen LogP contribution is -2.32. The monoisotopic (exact) mass is 244 g/mol. The molecule has 2 atom stereocenters. The Kier molecular flexibility index (Phi) is 2.40. The molecular formula is C14H16N2O2. The molecule has 1 aliphatic heterocycles. The summed E-state index contributed by atoms with van der Waals surface area (Å²) in [5.74, 6) is -0.288. The SMILES string of the molecule is Cc1c(N)cccc1N1C(=O)C2CCCC2C1=O. The molecule has 1 aromatic rings. The molecule has 0 bridgehead atoms. The highest BCUT2D eigenvalue weighted by molar-refractivity contribution is 6.22. The molecule has 2 fully saturated rings. The molecule has 4 heteroatoms. The number of hydrogen-bond donors (Lipinski definition) is 1. The Morgan fingerprint density at radius 2 is 1.78 bits per heavy atom. The molecule has 2 aliphatic rings. The average Bonchev–Trinajstić information content (AvgIpc) is 2.90. The zero-order valence-electron chi connectivity index (χ0n) is 10.3. The first-order valence-electron chi connectivity index (χ1n) is 6.34. The Morgan fingerprint density at radius 1 is 1.17 bits per heavy atom. The minimum Gasteiger partial charge on any atom is -0.398 e. The van der Waals surface area contributed by atoms with E-state index in [1.54, 1.807) is 18.2 Å². The Bertz CT molecular complexity index is 517. The number of carbonyl (C=O) groups excluding carboxylic acids is 2. The molecule has 1 heterocycles. The van der Waals surface area contributed by atoms with Crippen LogP contribution in [-0.2, 0) is 9.59 Å². The normalized spacial score (nSPS) is 26.8. The van der Waals surface area contributed by atoms with Crippen molar-refractivity contribution in [2.45, 2.75) is 26.2 Å². The third kappa shape index (κ3) is 1.38. The number of anilines is 2. The summed E-state index contributed by atoms with van der Waals surface area (Å²) in [6.45, 7) is 1.85. The fourth-order valence-electron chi connectivity index (χ4n) is 3.11. The summed E-state index contributed by atoms with van der Waals surface area (Å²) in [6.07, 6.45) is 2.66. The summed E-state index contributed by atoms with van der Waals surface area (Å²) >= 11 is 0. The van der Waals surface area contributed by atoms with E-state index in [4.69, 9.17) is 5.73 Å². The molecule has 1 aromatic carbocycles. The van der Waals surface area contributed by atoms with Crippen molar-refractivity contribution in [3.8, 4) is 0 Å². The second-order valence-corrected chi connectivity index (χ2v) is 5.15. The van der Waals surface area contributed by atoms with Gasteiger partial charge in [-0.2, -0.15) is 0 Å². The van der Waals surface area contributed by atoms with Crippen molar-refractivity contribution in [1.29, 1.82) is 0 Å². The fraction of sp³-hybridized carbons (Fsp3) is 0.429. The van der Waals surface area contributed by atoms with E-state index < -0.39 is 0 Å². The molecule has 2 N–H and O–H groups in total. The molecule has 94 valence electrons. The van der Waals surface area contributed by atoms with E-state index in [1.807, 2.05) is 6.92 Å². The van der Waals surface area contributed by atoms with Gasteiger partial charge in [-0.05, 0) is 37.5 Å². The number of nitrogen functional groups attached to an aromatic ring is 1. The van der Waals surface area contributed by atoms with Gasteiger partial charge in [-0.15, -0.1) is 0 Å². The maximum absolute atomic E-state index is 12.3. The minimum atomic E-state index is -0.0988. The predicted octanol–water partition coefficient (Wildman–Crippen LogP) is 1.87. The molecule has 1 saturated carbocycles. The lowest BCUT2D eigenvalue weighted by molar-refractivity contribution is -0.122. The van der Waals surface area contributed by atoms with Crippen LogP contribution in [0.4, 0.5) is 11.4 Å². The van der Waals surface area contributed by atoms with Gasteiger partial charge in [0.2, 0.25) is 11.8 Å². The quantitative estimate of drug-likeness (QED) is 0.606. The molecule has 0 aromatic heterocycles. The molecule has 4 nitrogen and oxygen atoms in total. The van der Waals surface area contributed by atoms with Crippen LogP contribution in [0.1, 0.15) is 24.8 Å². The lowest BCUT2D eigenvalue weighted by Gasteiger charge is -2.19. The largest absolute Gasteiger partial charge is 0.398 e. The molecule has 2 amide bonds. The lowest BCUT2D eigenvalue weighted by atomic mass is 10.00. The van der Waals surface area contributed by atoms with Crippen LogP contribution in [0.25, 0.3) is 0 Å². The number of carbonyl (C=O) groups is 2. The van der Waals surface area contributed by atoms with Crippen molar-refractivity contribution in [3.63, 3.8) is 0 Å². The Balaban J connectivity index is 2.05. The molecule has 1 saturated heterocycles. The van der Waals surface area contributed by atoms with Crippen molar-refractivity contribution in [1.82, 2.24) is 0 Å². The van der Waals surface area contributed by atoms with E-state index >= 15 is 0 Å². The van der Waals surface area contributed by atoms with Crippen LogP contribution >= 0.6 is 0 Å². The first-order valence-corrected chi connectivity index (χ1v) is 6.34. The van der Waals surface area contributed by atoms with Crippen LogP contribution in [0, 0.1) is 18.8 Å². The van der Waals surface area contributed by atoms with Gasteiger partial charge in [0.05, 0.1) is 17.5 Å². The number of fused-ring (bicyclic) bond motifs is 1. The van der Waals surface area contributed by atoms with Crippen LogP contribution < -0.4 is 10.6 Å². The smallest absolute Gasteiger partial charge is 0.237 e. The summed E-state index contributed by atoms with van der Waals surface area (Å²) in [6, 6.07) is 5.36. The fourth-order valence-corrected chi connectivity index (χ4v) is 3.11. The van der Waals surface area contributed by atoms with Gasteiger partial charge in [0.25, 0.3) is 0 Å². The molecular weight excluding hydrogens is 228 g/mol. The summed E-state index contributed by atoms with van der Waals surface area (Å²) < 4.78 is 0. The van der Waals surface area contributed by atoms with Crippen molar-refractivity contribution in [2.24, 2.45) is 11.8 Å². The van der Waals surface area contributed by atoms with Crippen molar-refractivity contribution < 1.29 is 9.59 Å². The van der Waals surface area contributed by atoms with E-state index in [-0.39, 0.29) is 23.7 Å². The molecule has 1 aliphatic carbocycles. The first kappa shape index (κ1) is 11.3. The summed E-state index contributed by atoms with van der Waals surface area (Å²) in [4.78, 5) is 26.0. The predicted molar refractivity (Wildman–Crippen MR) is 68.9 cm³/mol. The molecule has 3 rings (SSSR count). The van der Waals surface area contributed by atoms with Gasteiger partial charge in [0.1, 0.15) is 0 Å². The second kappa shape index (κ2) is 3.83. The van der Waals surface area contributed by atoms with E-state index in [0.717, 1.165) is 24.8 Å². The number of rotatable bonds is 1. The second-order valence-electron chi connectivity index (χ2n) is 5.15.